The monoisotopic (exact) mass is 275 g/mol. The van der Waals surface area contributed by atoms with Crippen molar-refractivity contribution in [1.82, 2.24) is 10.2 Å². The van der Waals surface area contributed by atoms with Crippen LogP contribution in [0.1, 0.15) is 24.5 Å². The number of benzene rings is 1. The molecule has 4 nitrogen and oxygen atoms in total. The fourth-order valence-electron chi connectivity index (χ4n) is 2.90. The van der Waals surface area contributed by atoms with Crippen LogP contribution in [0.25, 0.3) is 0 Å². The number of carbonyl (C=O) groups is 1. The van der Waals surface area contributed by atoms with E-state index in [1.165, 1.54) is 11.1 Å². The molecule has 20 heavy (non-hydrogen) atoms. The smallest absolute Gasteiger partial charge is 0.221 e. The molecule has 3 N–H and O–H groups in total. The number of fused-ring (bicyclic) bond motifs is 1. The van der Waals surface area contributed by atoms with Gasteiger partial charge >= 0.3 is 0 Å². The van der Waals surface area contributed by atoms with E-state index in [4.69, 9.17) is 5.73 Å². The van der Waals surface area contributed by atoms with Crippen molar-refractivity contribution in [2.45, 2.75) is 37.8 Å². The van der Waals surface area contributed by atoms with Crippen LogP contribution in [-0.2, 0) is 17.6 Å². The number of amides is 1. The number of hydrogen-bond donors (Lipinski definition) is 2. The summed E-state index contributed by atoms with van der Waals surface area (Å²) >= 11 is 0. The Morgan fingerprint density at radius 2 is 1.90 bits per heavy atom. The van der Waals surface area contributed by atoms with Crippen LogP contribution in [0.2, 0.25) is 0 Å². The number of nitrogens with two attached hydrogens (primary N) is 1. The second kappa shape index (κ2) is 5.94. The number of likely N-dealkylation sites (N-methyl/N-ethyl adjacent to an activating group) is 1. The Hall–Kier alpha value is -1.39. The first kappa shape index (κ1) is 15.0. The van der Waals surface area contributed by atoms with Crippen LogP contribution in [-0.4, -0.2) is 43.0 Å². The molecule has 0 aliphatic heterocycles. The lowest BCUT2D eigenvalue weighted by molar-refractivity contribution is -0.121. The van der Waals surface area contributed by atoms with Gasteiger partial charge in [0.1, 0.15) is 0 Å². The van der Waals surface area contributed by atoms with Gasteiger partial charge in [0.25, 0.3) is 0 Å². The van der Waals surface area contributed by atoms with Crippen molar-refractivity contribution in [3.05, 3.63) is 35.4 Å². The third-order valence-electron chi connectivity index (χ3n) is 4.23. The Morgan fingerprint density at radius 1 is 1.35 bits per heavy atom. The fourth-order valence-corrected chi connectivity index (χ4v) is 2.90. The van der Waals surface area contributed by atoms with Crippen LogP contribution < -0.4 is 11.1 Å². The number of nitrogens with zero attached hydrogens (tertiary/aromatic N) is 1. The topological polar surface area (TPSA) is 58.4 Å². The van der Waals surface area contributed by atoms with E-state index in [0.29, 0.717) is 13.0 Å². The molecule has 0 radical (unpaired) electrons. The highest BCUT2D eigenvalue weighted by Gasteiger charge is 2.39. The molecule has 1 aliphatic carbocycles. The lowest BCUT2D eigenvalue weighted by Gasteiger charge is -2.36. The maximum atomic E-state index is 11.8. The molecular formula is C16H25N3O. The number of carbonyl (C=O) groups excluding carboxylic acids is 1. The van der Waals surface area contributed by atoms with Gasteiger partial charge in [0.2, 0.25) is 5.91 Å². The minimum atomic E-state index is -0.0916. The average molecular weight is 275 g/mol. The zero-order chi connectivity index (χ0) is 14.8. The first-order chi connectivity index (χ1) is 9.43. The second-order valence-corrected chi connectivity index (χ2v) is 6.20. The van der Waals surface area contributed by atoms with Gasteiger partial charge in [-0.25, -0.2) is 0 Å². The van der Waals surface area contributed by atoms with Crippen molar-refractivity contribution in [3.8, 4) is 0 Å². The molecule has 0 spiro atoms. The van der Waals surface area contributed by atoms with E-state index >= 15 is 0 Å². The van der Waals surface area contributed by atoms with Gasteiger partial charge in [-0.3, -0.25) is 4.79 Å². The van der Waals surface area contributed by atoms with E-state index in [1.54, 1.807) is 0 Å². The predicted molar refractivity (Wildman–Crippen MR) is 81.5 cm³/mol. The molecule has 1 aliphatic rings. The Balaban J connectivity index is 2.05. The molecule has 0 heterocycles. The third-order valence-corrected chi connectivity index (χ3v) is 4.23. The van der Waals surface area contributed by atoms with Crippen molar-refractivity contribution < 1.29 is 4.79 Å². The highest BCUT2D eigenvalue weighted by molar-refractivity contribution is 5.76. The Kier molecular flexibility index (Phi) is 4.45. The van der Waals surface area contributed by atoms with Gasteiger partial charge in [-0.15, -0.1) is 0 Å². The molecule has 1 amide bonds. The maximum Gasteiger partial charge on any atom is 0.221 e. The normalized spacial score (nSPS) is 17.9. The lowest BCUT2D eigenvalue weighted by Crippen LogP contribution is -2.54. The Morgan fingerprint density at radius 3 is 2.35 bits per heavy atom. The van der Waals surface area contributed by atoms with Gasteiger partial charge in [0.05, 0.1) is 0 Å². The summed E-state index contributed by atoms with van der Waals surface area (Å²) in [5, 5.41) is 3.05. The van der Waals surface area contributed by atoms with Crippen LogP contribution in [0.4, 0.5) is 0 Å². The average Bonchev–Trinajstić information content (AvgIpc) is 2.75. The molecule has 4 heteroatoms. The summed E-state index contributed by atoms with van der Waals surface area (Å²) in [7, 11) is 4.17. The van der Waals surface area contributed by atoms with E-state index in [0.717, 1.165) is 12.8 Å². The van der Waals surface area contributed by atoms with Gasteiger partial charge in [-0.1, -0.05) is 24.3 Å². The third kappa shape index (κ3) is 3.19. The van der Waals surface area contributed by atoms with E-state index in [1.807, 2.05) is 6.92 Å². The fraction of sp³-hybridized carbons (Fsp3) is 0.562. The summed E-state index contributed by atoms with van der Waals surface area (Å²) in [4.78, 5) is 14.1. The van der Waals surface area contributed by atoms with Gasteiger partial charge in [-0.2, -0.15) is 0 Å². The molecule has 1 atom stereocenters. The second-order valence-electron chi connectivity index (χ2n) is 6.20. The summed E-state index contributed by atoms with van der Waals surface area (Å²) in [5.74, 6) is 0.0391. The highest BCUT2D eigenvalue weighted by Crippen LogP contribution is 2.32. The molecule has 1 unspecified atom stereocenters. The van der Waals surface area contributed by atoms with Crippen molar-refractivity contribution in [1.29, 1.82) is 0 Å². The van der Waals surface area contributed by atoms with E-state index in [9.17, 15) is 4.79 Å². The standard InChI is InChI=1S/C16H25N3O/c1-12(17)8-15(20)18-11-16(19(2)3)9-13-6-4-5-7-14(13)10-16/h4-7,12H,8-11,17H2,1-3H3,(H,18,20). The number of rotatable bonds is 5. The largest absolute Gasteiger partial charge is 0.354 e. The van der Waals surface area contributed by atoms with Crippen LogP contribution in [0.15, 0.2) is 24.3 Å². The van der Waals surface area contributed by atoms with Crippen molar-refractivity contribution in [3.63, 3.8) is 0 Å². The molecule has 0 bridgehead atoms. The zero-order valence-electron chi connectivity index (χ0n) is 12.6. The minimum Gasteiger partial charge on any atom is -0.354 e. The van der Waals surface area contributed by atoms with Crippen LogP contribution in [0.5, 0.6) is 0 Å². The molecule has 0 aromatic heterocycles. The summed E-state index contributed by atoms with van der Waals surface area (Å²) in [6, 6.07) is 8.44. The highest BCUT2D eigenvalue weighted by atomic mass is 16.1. The van der Waals surface area contributed by atoms with Gasteiger partial charge in [-0.05, 0) is 45.0 Å². The van der Waals surface area contributed by atoms with Crippen LogP contribution in [0, 0.1) is 0 Å². The van der Waals surface area contributed by atoms with Crippen molar-refractivity contribution >= 4 is 5.91 Å². The van der Waals surface area contributed by atoms with Gasteiger partial charge in [0, 0.05) is 24.5 Å². The molecule has 0 fully saturated rings. The summed E-state index contributed by atoms with van der Waals surface area (Å²) in [5.41, 5.74) is 8.43. The molecule has 0 saturated carbocycles. The lowest BCUT2D eigenvalue weighted by atomic mass is 9.94. The quantitative estimate of drug-likeness (QED) is 0.841. The number of hydrogen-bond acceptors (Lipinski definition) is 3. The molecule has 1 aromatic rings. The van der Waals surface area contributed by atoms with Crippen LogP contribution >= 0.6 is 0 Å². The number of nitrogens with one attached hydrogen (secondary N) is 1. The first-order valence-corrected chi connectivity index (χ1v) is 7.19. The molecule has 2 rings (SSSR count). The van der Waals surface area contributed by atoms with E-state index in [2.05, 4.69) is 48.6 Å². The zero-order valence-corrected chi connectivity index (χ0v) is 12.6. The molecule has 110 valence electrons. The predicted octanol–water partition coefficient (Wildman–Crippen LogP) is 0.939. The van der Waals surface area contributed by atoms with Gasteiger partial charge in [0.15, 0.2) is 0 Å². The van der Waals surface area contributed by atoms with Crippen molar-refractivity contribution in [2.24, 2.45) is 5.73 Å². The first-order valence-electron chi connectivity index (χ1n) is 7.19. The summed E-state index contributed by atoms with van der Waals surface area (Å²) < 4.78 is 0. The van der Waals surface area contributed by atoms with Crippen molar-refractivity contribution in [2.75, 3.05) is 20.6 Å². The summed E-state index contributed by atoms with van der Waals surface area (Å²) in [6.07, 6.45) is 2.35. The molecular weight excluding hydrogens is 250 g/mol. The van der Waals surface area contributed by atoms with E-state index < -0.39 is 0 Å². The Labute approximate surface area is 121 Å². The summed E-state index contributed by atoms with van der Waals surface area (Å²) in [6.45, 7) is 2.52. The maximum absolute atomic E-state index is 11.8. The minimum absolute atomic E-state index is 0.0167. The molecule has 1 aromatic carbocycles. The van der Waals surface area contributed by atoms with E-state index in [-0.39, 0.29) is 17.5 Å². The SMILES string of the molecule is CC(N)CC(=O)NCC1(N(C)C)Cc2ccccc2C1. The van der Waals surface area contributed by atoms with Crippen LogP contribution in [0.3, 0.4) is 0 Å². The van der Waals surface area contributed by atoms with Gasteiger partial charge < -0.3 is 16.0 Å². The molecule has 0 saturated heterocycles. The Bertz CT molecular complexity index is 457.